The lowest BCUT2D eigenvalue weighted by Crippen LogP contribution is -2.17. The van der Waals surface area contributed by atoms with Gasteiger partial charge in [0.05, 0.1) is 11.8 Å². The van der Waals surface area contributed by atoms with E-state index in [1.165, 1.54) is 19.0 Å². The monoisotopic (exact) mass is 321 g/mol. The third-order valence-electron chi connectivity index (χ3n) is 3.54. The Bertz CT molecular complexity index is 679. The average Bonchev–Trinajstić information content (AvgIpc) is 2.63. The minimum Gasteiger partial charge on any atom is -0.267 e. The summed E-state index contributed by atoms with van der Waals surface area (Å²) in [6, 6.07) is 13.6. The summed E-state index contributed by atoms with van der Waals surface area (Å²) in [5.41, 5.74) is 5.28. The van der Waals surface area contributed by atoms with Crippen molar-refractivity contribution < 1.29 is 4.79 Å². The van der Waals surface area contributed by atoms with Gasteiger partial charge in [0.2, 0.25) is 0 Å². The van der Waals surface area contributed by atoms with Crippen LogP contribution < -0.4 is 5.43 Å². The molecule has 4 heteroatoms. The molecule has 1 heterocycles. The van der Waals surface area contributed by atoms with Crippen molar-refractivity contribution in [3.63, 3.8) is 0 Å². The summed E-state index contributed by atoms with van der Waals surface area (Å²) in [6.07, 6.45) is 11.4. The van der Waals surface area contributed by atoms with Gasteiger partial charge in [0.15, 0.2) is 0 Å². The number of benzene rings is 1. The third-order valence-corrected chi connectivity index (χ3v) is 3.54. The van der Waals surface area contributed by atoms with Crippen molar-refractivity contribution in [2.45, 2.75) is 32.6 Å². The first-order valence-electron chi connectivity index (χ1n) is 8.28. The molecule has 0 unspecified atom stereocenters. The lowest BCUT2D eigenvalue weighted by atomic mass is 10.1. The molecule has 0 saturated heterocycles. The maximum atomic E-state index is 12.0. The molecular weight excluding hydrogens is 298 g/mol. The lowest BCUT2D eigenvalue weighted by Gasteiger charge is -2.03. The molecule has 1 N–H and O–H groups in total. The highest BCUT2D eigenvalue weighted by Crippen LogP contribution is 2.12. The van der Waals surface area contributed by atoms with E-state index in [0.29, 0.717) is 5.56 Å². The zero-order chi connectivity index (χ0) is 17.0. The molecule has 0 aliphatic rings. The summed E-state index contributed by atoms with van der Waals surface area (Å²) in [5.74, 6) is -0.257. The number of hydrazone groups is 1. The van der Waals surface area contributed by atoms with Crippen molar-refractivity contribution in [2.75, 3.05) is 0 Å². The summed E-state index contributed by atoms with van der Waals surface area (Å²) in [6.45, 7) is 2.18. The molecule has 2 rings (SSSR count). The number of carbonyl (C=O) groups is 1. The Kier molecular flexibility index (Phi) is 7.41. The highest BCUT2D eigenvalue weighted by Gasteiger charge is 2.03. The lowest BCUT2D eigenvalue weighted by molar-refractivity contribution is 0.0955. The molecule has 1 aromatic heterocycles. The van der Waals surface area contributed by atoms with Crippen LogP contribution in [0.3, 0.4) is 0 Å². The van der Waals surface area contributed by atoms with Crippen molar-refractivity contribution in [3.8, 4) is 0 Å². The molecule has 2 aromatic rings. The van der Waals surface area contributed by atoms with Crippen molar-refractivity contribution in [3.05, 3.63) is 71.6 Å². The minimum absolute atomic E-state index is 0.257. The fourth-order valence-corrected chi connectivity index (χ4v) is 2.25. The first kappa shape index (κ1) is 17.6. The Morgan fingerprint density at radius 3 is 2.71 bits per heavy atom. The number of amides is 1. The van der Waals surface area contributed by atoms with Crippen LogP contribution >= 0.6 is 0 Å². The first-order valence-corrected chi connectivity index (χ1v) is 8.28. The van der Waals surface area contributed by atoms with Gasteiger partial charge in [0.1, 0.15) is 0 Å². The summed E-state index contributed by atoms with van der Waals surface area (Å²) >= 11 is 0. The van der Waals surface area contributed by atoms with Gasteiger partial charge in [-0.3, -0.25) is 9.78 Å². The quantitative estimate of drug-likeness (QED) is 0.443. The predicted molar refractivity (Wildman–Crippen MR) is 98.8 cm³/mol. The fraction of sp³-hybridized carbons (Fsp3) is 0.250. The molecular formula is C20H23N3O. The largest absolute Gasteiger partial charge is 0.272 e. The molecule has 0 aliphatic carbocycles. The van der Waals surface area contributed by atoms with Gasteiger partial charge in [-0.05, 0) is 36.1 Å². The summed E-state index contributed by atoms with van der Waals surface area (Å²) in [5, 5.41) is 4.10. The topological polar surface area (TPSA) is 54.4 Å². The van der Waals surface area contributed by atoms with Crippen LogP contribution in [0.1, 0.15) is 48.5 Å². The molecule has 0 saturated carbocycles. The number of pyridine rings is 1. The van der Waals surface area contributed by atoms with Gasteiger partial charge in [-0.1, -0.05) is 56.2 Å². The number of carbonyl (C=O) groups excluding carboxylic acids is 1. The maximum Gasteiger partial charge on any atom is 0.272 e. The number of hydrogen-bond acceptors (Lipinski definition) is 3. The molecule has 0 fully saturated rings. The van der Waals surface area contributed by atoms with Crippen LogP contribution in [0.25, 0.3) is 6.08 Å². The second kappa shape index (κ2) is 10.1. The van der Waals surface area contributed by atoms with Crippen LogP contribution in [-0.4, -0.2) is 17.1 Å². The van der Waals surface area contributed by atoms with Crippen LogP contribution in [-0.2, 0) is 0 Å². The van der Waals surface area contributed by atoms with Crippen molar-refractivity contribution >= 4 is 18.2 Å². The molecule has 1 amide bonds. The van der Waals surface area contributed by atoms with Gasteiger partial charge in [0, 0.05) is 12.4 Å². The smallest absolute Gasteiger partial charge is 0.267 e. The fourth-order valence-electron chi connectivity index (χ4n) is 2.25. The van der Waals surface area contributed by atoms with Gasteiger partial charge in [0.25, 0.3) is 5.91 Å². The Morgan fingerprint density at radius 2 is 2.00 bits per heavy atom. The molecule has 0 spiro atoms. The van der Waals surface area contributed by atoms with Gasteiger partial charge < -0.3 is 0 Å². The van der Waals surface area contributed by atoms with E-state index < -0.39 is 0 Å². The number of nitrogens with one attached hydrogen (secondary N) is 1. The molecule has 1 aromatic carbocycles. The number of nitrogens with zero attached hydrogens (tertiary/aromatic N) is 2. The van der Waals surface area contributed by atoms with E-state index in [1.807, 2.05) is 18.2 Å². The van der Waals surface area contributed by atoms with Crippen LogP contribution in [0.2, 0.25) is 0 Å². The average molecular weight is 321 g/mol. The maximum absolute atomic E-state index is 12.0. The highest BCUT2D eigenvalue weighted by atomic mass is 16.2. The van der Waals surface area contributed by atoms with E-state index in [1.54, 1.807) is 24.5 Å². The van der Waals surface area contributed by atoms with E-state index in [2.05, 4.69) is 40.6 Å². The molecule has 0 bridgehead atoms. The van der Waals surface area contributed by atoms with Crippen LogP contribution in [0, 0.1) is 0 Å². The second-order valence-electron chi connectivity index (χ2n) is 5.53. The van der Waals surface area contributed by atoms with E-state index in [-0.39, 0.29) is 5.91 Å². The predicted octanol–water partition coefficient (Wildman–Crippen LogP) is 4.46. The number of aromatic nitrogens is 1. The standard InChI is InChI=1S/C20H23N3O/c1-2-3-5-11-18(14-17-9-6-4-7-10-17)15-22-23-20(24)19-12-8-13-21-16-19/h4,6-10,12-16H,2-3,5,11H2,1H3,(H,23,24). The van der Waals surface area contributed by atoms with Crippen molar-refractivity contribution in [2.24, 2.45) is 5.10 Å². The molecule has 0 radical (unpaired) electrons. The molecule has 0 aliphatic heterocycles. The Labute approximate surface area is 143 Å². The normalized spacial score (nSPS) is 11.6. The van der Waals surface area contributed by atoms with Crippen LogP contribution in [0.15, 0.2) is 65.5 Å². The molecule has 4 nitrogen and oxygen atoms in total. The highest BCUT2D eigenvalue weighted by molar-refractivity contribution is 5.94. The first-order chi connectivity index (χ1) is 11.8. The zero-order valence-corrected chi connectivity index (χ0v) is 14.0. The molecule has 0 atom stereocenters. The van der Waals surface area contributed by atoms with Crippen molar-refractivity contribution in [1.29, 1.82) is 0 Å². The summed E-state index contributed by atoms with van der Waals surface area (Å²) < 4.78 is 0. The summed E-state index contributed by atoms with van der Waals surface area (Å²) in [7, 11) is 0. The van der Waals surface area contributed by atoms with E-state index in [9.17, 15) is 4.79 Å². The van der Waals surface area contributed by atoms with Gasteiger partial charge in [-0.2, -0.15) is 5.10 Å². The Hall–Kier alpha value is -2.75. The van der Waals surface area contributed by atoms with Crippen LogP contribution in [0.4, 0.5) is 0 Å². The van der Waals surface area contributed by atoms with Gasteiger partial charge >= 0.3 is 0 Å². The number of allylic oxidation sites excluding steroid dienone is 1. The number of rotatable bonds is 8. The zero-order valence-electron chi connectivity index (χ0n) is 14.0. The van der Waals surface area contributed by atoms with Crippen molar-refractivity contribution in [1.82, 2.24) is 10.4 Å². The van der Waals surface area contributed by atoms with E-state index >= 15 is 0 Å². The van der Waals surface area contributed by atoms with Gasteiger partial charge in [-0.15, -0.1) is 0 Å². The molecule has 124 valence electrons. The Balaban J connectivity index is 2.01. The SMILES string of the molecule is CCCCCC(C=NNC(=O)c1cccnc1)=Cc1ccccc1. The Morgan fingerprint density at radius 1 is 1.17 bits per heavy atom. The third kappa shape index (κ3) is 6.16. The van der Waals surface area contributed by atoms with E-state index in [0.717, 1.165) is 24.0 Å². The summed E-state index contributed by atoms with van der Waals surface area (Å²) in [4.78, 5) is 15.9. The number of hydrogen-bond donors (Lipinski definition) is 1. The number of unbranched alkanes of at least 4 members (excludes halogenated alkanes) is 2. The minimum atomic E-state index is -0.257. The second-order valence-corrected chi connectivity index (χ2v) is 5.53. The van der Waals surface area contributed by atoms with Gasteiger partial charge in [-0.25, -0.2) is 5.43 Å². The van der Waals surface area contributed by atoms with Crippen LogP contribution in [0.5, 0.6) is 0 Å². The van der Waals surface area contributed by atoms with E-state index in [4.69, 9.17) is 0 Å². The molecule has 24 heavy (non-hydrogen) atoms.